The Bertz CT molecular complexity index is 365. The Morgan fingerprint density at radius 2 is 1.84 bits per heavy atom. The van der Waals surface area contributed by atoms with E-state index in [4.69, 9.17) is 0 Å². The van der Waals surface area contributed by atoms with Crippen molar-refractivity contribution in [2.75, 3.05) is 40.8 Å². The lowest BCUT2D eigenvalue weighted by Crippen LogP contribution is -2.34. The second kappa shape index (κ2) is 8.67. The van der Waals surface area contributed by atoms with E-state index in [0.717, 1.165) is 26.1 Å². The molecule has 4 nitrogen and oxygen atoms in total. The summed E-state index contributed by atoms with van der Waals surface area (Å²) in [6.07, 6.45) is 1.05. The maximum absolute atomic E-state index is 11.3. The minimum atomic E-state index is 0.123. The second-order valence-corrected chi connectivity index (χ2v) is 5.04. The van der Waals surface area contributed by atoms with Crippen LogP contribution in [0.3, 0.4) is 0 Å². The van der Waals surface area contributed by atoms with Crippen molar-refractivity contribution in [2.45, 2.75) is 13.0 Å². The molecular weight excluding hydrogens is 238 g/mol. The van der Waals surface area contributed by atoms with Gasteiger partial charge < -0.3 is 15.1 Å². The molecule has 1 aromatic rings. The summed E-state index contributed by atoms with van der Waals surface area (Å²) in [7, 11) is 5.67. The summed E-state index contributed by atoms with van der Waals surface area (Å²) in [6, 6.07) is 10.5. The third kappa shape index (κ3) is 6.94. The Hall–Kier alpha value is -1.39. The highest BCUT2D eigenvalue weighted by atomic mass is 16.2. The molecule has 0 spiro atoms. The molecule has 1 amide bonds. The van der Waals surface area contributed by atoms with E-state index in [-0.39, 0.29) is 5.91 Å². The smallest absolute Gasteiger partial charge is 0.236 e. The van der Waals surface area contributed by atoms with Crippen LogP contribution < -0.4 is 5.32 Å². The Morgan fingerprint density at radius 1 is 1.16 bits per heavy atom. The van der Waals surface area contributed by atoms with Crippen molar-refractivity contribution in [1.82, 2.24) is 15.1 Å². The van der Waals surface area contributed by atoms with Crippen LogP contribution in [0, 0.1) is 0 Å². The monoisotopic (exact) mass is 263 g/mol. The number of carbonyl (C=O) groups is 1. The molecule has 0 saturated heterocycles. The van der Waals surface area contributed by atoms with Gasteiger partial charge in [-0.05, 0) is 32.1 Å². The van der Waals surface area contributed by atoms with E-state index in [0.29, 0.717) is 6.54 Å². The van der Waals surface area contributed by atoms with Gasteiger partial charge in [-0.1, -0.05) is 30.3 Å². The zero-order valence-electron chi connectivity index (χ0n) is 12.2. The topological polar surface area (TPSA) is 35.6 Å². The number of hydrogen-bond acceptors (Lipinski definition) is 3. The first-order valence-corrected chi connectivity index (χ1v) is 6.73. The number of amides is 1. The molecule has 0 aliphatic carbocycles. The van der Waals surface area contributed by atoms with E-state index < -0.39 is 0 Å². The van der Waals surface area contributed by atoms with Crippen LogP contribution in [0.2, 0.25) is 0 Å². The summed E-state index contributed by atoms with van der Waals surface area (Å²) in [6.45, 7) is 3.30. The minimum Gasteiger partial charge on any atom is -0.348 e. The van der Waals surface area contributed by atoms with Gasteiger partial charge >= 0.3 is 0 Å². The van der Waals surface area contributed by atoms with Crippen LogP contribution in [0.1, 0.15) is 12.0 Å². The molecule has 1 N–H and O–H groups in total. The van der Waals surface area contributed by atoms with Gasteiger partial charge in [0.1, 0.15) is 0 Å². The lowest BCUT2D eigenvalue weighted by molar-refractivity contribution is -0.127. The summed E-state index contributed by atoms with van der Waals surface area (Å²) >= 11 is 0. The molecule has 19 heavy (non-hydrogen) atoms. The summed E-state index contributed by atoms with van der Waals surface area (Å²) in [4.78, 5) is 15.2. The number of rotatable bonds is 8. The maximum atomic E-state index is 11.3. The van der Waals surface area contributed by atoms with Crippen LogP contribution >= 0.6 is 0 Å². The van der Waals surface area contributed by atoms with Crippen molar-refractivity contribution in [3.05, 3.63) is 35.9 Å². The summed E-state index contributed by atoms with van der Waals surface area (Å²) in [5.41, 5.74) is 1.33. The molecule has 0 saturated carbocycles. The lowest BCUT2D eigenvalue weighted by Gasteiger charge is -2.17. The predicted octanol–water partition coefficient (Wildman–Crippen LogP) is 1.19. The van der Waals surface area contributed by atoms with Crippen molar-refractivity contribution < 1.29 is 4.79 Å². The third-order valence-electron chi connectivity index (χ3n) is 2.96. The quantitative estimate of drug-likeness (QED) is 0.716. The summed E-state index contributed by atoms with van der Waals surface area (Å²) < 4.78 is 0. The first kappa shape index (κ1) is 15.7. The van der Waals surface area contributed by atoms with Gasteiger partial charge in [-0.3, -0.25) is 4.79 Å². The number of nitrogens with one attached hydrogen (secondary N) is 1. The van der Waals surface area contributed by atoms with Crippen LogP contribution in [0.15, 0.2) is 30.3 Å². The largest absolute Gasteiger partial charge is 0.348 e. The molecular formula is C15H25N3O. The standard InChI is InChI=1S/C15H25N3O/c1-17(2)15(19)12-16-10-7-11-18(3)13-14-8-5-4-6-9-14/h4-6,8-9,16H,7,10-13H2,1-3H3. The van der Waals surface area contributed by atoms with E-state index in [2.05, 4.69) is 41.5 Å². The molecule has 0 aliphatic rings. The average molecular weight is 263 g/mol. The van der Waals surface area contributed by atoms with E-state index in [9.17, 15) is 4.79 Å². The second-order valence-electron chi connectivity index (χ2n) is 5.04. The lowest BCUT2D eigenvalue weighted by atomic mass is 10.2. The number of hydrogen-bond donors (Lipinski definition) is 1. The van der Waals surface area contributed by atoms with Crippen molar-refractivity contribution in [3.8, 4) is 0 Å². The van der Waals surface area contributed by atoms with Gasteiger partial charge in [-0.15, -0.1) is 0 Å². The van der Waals surface area contributed by atoms with Crippen molar-refractivity contribution in [1.29, 1.82) is 0 Å². The summed E-state index contributed by atoms with van der Waals surface area (Å²) in [5, 5.41) is 3.17. The van der Waals surface area contributed by atoms with Gasteiger partial charge in [0.25, 0.3) is 0 Å². The van der Waals surface area contributed by atoms with Gasteiger partial charge in [-0.25, -0.2) is 0 Å². The third-order valence-corrected chi connectivity index (χ3v) is 2.96. The Balaban J connectivity index is 2.08. The molecule has 0 unspecified atom stereocenters. The molecule has 0 heterocycles. The molecule has 1 rings (SSSR count). The Morgan fingerprint density at radius 3 is 2.47 bits per heavy atom. The van der Waals surface area contributed by atoms with Crippen LogP contribution in [0.25, 0.3) is 0 Å². The fourth-order valence-corrected chi connectivity index (χ4v) is 1.80. The molecule has 0 aromatic heterocycles. The van der Waals surface area contributed by atoms with Crippen molar-refractivity contribution in [3.63, 3.8) is 0 Å². The molecule has 0 bridgehead atoms. The number of benzene rings is 1. The minimum absolute atomic E-state index is 0.123. The number of nitrogens with zero attached hydrogens (tertiary/aromatic N) is 2. The summed E-state index contributed by atoms with van der Waals surface area (Å²) in [5.74, 6) is 0.123. The molecule has 106 valence electrons. The highest BCUT2D eigenvalue weighted by Gasteiger charge is 2.03. The highest BCUT2D eigenvalue weighted by molar-refractivity contribution is 5.77. The van der Waals surface area contributed by atoms with E-state index in [1.165, 1.54) is 5.56 Å². The van der Waals surface area contributed by atoms with Crippen LogP contribution in [-0.4, -0.2) is 56.5 Å². The first-order chi connectivity index (χ1) is 9.09. The zero-order valence-corrected chi connectivity index (χ0v) is 12.2. The van der Waals surface area contributed by atoms with Gasteiger partial charge in [0.15, 0.2) is 0 Å². The number of carbonyl (C=O) groups excluding carboxylic acids is 1. The van der Waals surface area contributed by atoms with Gasteiger partial charge in [0.05, 0.1) is 6.54 Å². The Labute approximate surface area is 116 Å². The molecule has 1 aromatic carbocycles. The van der Waals surface area contributed by atoms with E-state index in [1.807, 2.05) is 6.07 Å². The molecule has 0 atom stereocenters. The van der Waals surface area contributed by atoms with E-state index in [1.54, 1.807) is 19.0 Å². The highest BCUT2D eigenvalue weighted by Crippen LogP contribution is 2.02. The van der Waals surface area contributed by atoms with Crippen molar-refractivity contribution >= 4 is 5.91 Å². The van der Waals surface area contributed by atoms with Gasteiger partial charge in [-0.2, -0.15) is 0 Å². The molecule has 4 heteroatoms. The zero-order chi connectivity index (χ0) is 14.1. The fourth-order valence-electron chi connectivity index (χ4n) is 1.80. The average Bonchev–Trinajstić information content (AvgIpc) is 2.39. The van der Waals surface area contributed by atoms with Crippen molar-refractivity contribution in [2.24, 2.45) is 0 Å². The van der Waals surface area contributed by atoms with Gasteiger partial charge in [0, 0.05) is 20.6 Å². The maximum Gasteiger partial charge on any atom is 0.236 e. The fraction of sp³-hybridized carbons (Fsp3) is 0.533. The molecule has 0 radical (unpaired) electrons. The Kier molecular flexibility index (Phi) is 7.15. The predicted molar refractivity (Wildman–Crippen MR) is 79.0 cm³/mol. The van der Waals surface area contributed by atoms with Crippen LogP contribution in [0.4, 0.5) is 0 Å². The molecule has 0 fully saturated rings. The number of likely N-dealkylation sites (N-methyl/N-ethyl adjacent to an activating group) is 1. The van der Waals surface area contributed by atoms with E-state index >= 15 is 0 Å². The van der Waals surface area contributed by atoms with Crippen LogP contribution in [-0.2, 0) is 11.3 Å². The first-order valence-electron chi connectivity index (χ1n) is 6.73. The normalized spacial score (nSPS) is 10.7. The van der Waals surface area contributed by atoms with Gasteiger partial charge in [0.2, 0.25) is 5.91 Å². The SMILES string of the molecule is CN(CCCNCC(=O)N(C)C)Cc1ccccc1. The van der Waals surface area contributed by atoms with Crippen LogP contribution in [0.5, 0.6) is 0 Å². The molecule has 0 aliphatic heterocycles.